The minimum absolute atomic E-state index is 0.00757. The molecule has 0 bridgehead atoms. The molecule has 0 heterocycles. The van der Waals surface area contributed by atoms with Gasteiger partial charge < -0.3 is 19.7 Å². The first-order valence-electron chi connectivity index (χ1n) is 10.3. The number of rotatable bonds is 11. The van der Waals surface area contributed by atoms with Crippen LogP contribution in [0.2, 0.25) is 0 Å². The highest BCUT2D eigenvalue weighted by molar-refractivity contribution is 5.88. The maximum atomic E-state index is 13.0. The summed E-state index contributed by atoms with van der Waals surface area (Å²) in [5.41, 5.74) is 1.12. The van der Waals surface area contributed by atoms with Crippen LogP contribution in [-0.4, -0.2) is 49.1 Å². The van der Waals surface area contributed by atoms with Crippen molar-refractivity contribution in [1.29, 1.82) is 0 Å². The van der Waals surface area contributed by atoms with Gasteiger partial charge in [0.15, 0.2) is 6.61 Å². The van der Waals surface area contributed by atoms with Crippen LogP contribution >= 0.6 is 0 Å². The molecule has 2 amide bonds. The van der Waals surface area contributed by atoms with Crippen LogP contribution < -0.4 is 14.8 Å². The highest BCUT2D eigenvalue weighted by Crippen LogP contribution is 2.17. The van der Waals surface area contributed by atoms with Crippen LogP contribution in [0.15, 0.2) is 54.6 Å². The van der Waals surface area contributed by atoms with Crippen LogP contribution in [0.3, 0.4) is 0 Å². The summed E-state index contributed by atoms with van der Waals surface area (Å²) in [6.45, 7) is 6.05. The highest BCUT2D eigenvalue weighted by Gasteiger charge is 2.28. The predicted molar refractivity (Wildman–Crippen MR) is 118 cm³/mol. The fraction of sp³-hybridized carbons (Fsp3) is 0.417. The molecule has 6 nitrogen and oxygen atoms in total. The number of ether oxygens (including phenoxy) is 2. The van der Waals surface area contributed by atoms with Crippen molar-refractivity contribution in [2.24, 2.45) is 0 Å². The van der Waals surface area contributed by atoms with Crippen molar-refractivity contribution >= 4 is 11.8 Å². The molecule has 0 aliphatic heterocycles. The van der Waals surface area contributed by atoms with Crippen LogP contribution in [0.5, 0.6) is 11.5 Å². The largest absolute Gasteiger partial charge is 0.497 e. The van der Waals surface area contributed by atoms with E-state index in [4.69, 9.17) is 9.47 Å². The maximum absolute atomic E-state index is 13.0. The van der Waals surface area contributed by atoms with Crippen molar-refractivity contribution in [3.05, 3.63) is 60.2 Å². The Morgan fingerprint density at radius 3 is 2.20 bits per heavy atom. The van der Waals surface area contributed by atoms with Gasteiger partial charge in [0.1, 0.15) is 17.5 Å². The molecule has 1 atom stereocenters. The second-order valence-corrected chi connectivity index (χ2v) is 7.37. The number of carbonyl (C=O) groups is 2. The Hall–Kier alpha value is -3.02. The molecule has 0 aliphatic carbocycles. The molecule has 6 heteroatoms. The Bertz CT molecular complexity index is 791. The first kappa shape index (κ1) is 23.3. The zero-order valence-electron chi connectivity index (χ0n) is 18.3. The molecule has 0 fully saturated rings. The molecule has 1 N–H and O–H groups in total. The average molecular weight is 413 g/mol. The van der Waals surface area contributed by atoms with Gasteiger partial charge in [-0.3, -0.25) is 9.59 Å². The summed E-state index contributed by atoms with van der Waals surface area (Å²) in [5.74, 6) is 0.937. The highest BCUT2D eigenvalue weighted by atomic mass is 16.5. The lowest BCUT2D eigenvalue weighted by atomic mass is 10.1. The smallest absolute Gasteiger partial charge is 0.261 e. The molecule has 0 saturated heterocycles. The van der Waals surface area contributed by atoms with Crippen molar-refractivity contribution in [2.75, 3.05) is 20.3 Å². The van der Waals surface area contributed by atoms with Gasteiger partial charge in [-0.05, 0) is 56.5 Å². The van der Waals surface area contributed by atoms with Gasteiger partial charge in [-0.25, -0.2) is 0 Å². The molecule has 2 aromatic rings. The number of hydrogen-bond donors (Lipinski definition) is 1. The number of amides is 2. The number of benzene rings is 2. The van der Waals surface area contributed by atoms with Crippen molar-refractivity contribution in [2.45, 2.75) is 45.7 Å². The third-order valence-electron chi connectivity index (χ3n) is 4.72. The summed E-state index contributed by atoms with van der Waals surface area (Å²) in [6.07, 6.45) is 1.20. The number of nitrogens with one attached hydrogen (secondary N) is 1. The molecular formula is C24H32N2O4. The third kappa shape index (κ3) is 7.10. The Kier molecular flexibility index (Phi) is 9.19. The van der Waals surface area contributed by atoms with E-state index in [9.17, 15) is 9.59 Å². The average Bonchev–Trinajstić information content (AvgIpc) is 2.75. The minimum Gasteiger partial charge on any atom is -0.497 e. The van der Waals surface area contributed by atoms with E-state index in [0.717, 1.165) is 11.3 Å². The van der Waals surface area contributed by atoms with E-state index < -0.39 is 6.04 Å². The Morgan fingerprint density at radius 1 is 1.00 bits per heavy atom. The van der Waals surface area contributed by atoms with Gasteiger partial charge in [0, 0.05) is 12.6 Å². The fourth-order valence-electron chi connectivity index (χ4n) is 3.18. The first-order valence-corrected chi connectivity index (χ1v) is 10.3. The lowest BCUT2D eigenvalue weighted by Crippen LogP contribution is -2.52. The van der Waals surface area contributed by atoms with Gasteiger partial charge in [0.2, 0.25) is 5.91 Å². The van der Waals surface area contributed by atoms with E-state index >= 15 is 0 Å². The summed E-state index contributed by atoms with van der Waals surface area (Å²) in [6, 6.07) is 16.5. The van der Waals surface area contributed by atoms with E-state index in [1.807, 2.05) is 51.1 Å². The molecule has 162 valence electrons. The minimum atomic E-state index is -0.539. The van der Waals surface area contributed by atoms with Gasteiger partial charge in [0.05, 0.1) is 7.11 Å². The topological polar surface area (TPSA) is 67.9 Å². The monoisotopic (exact) mass is 412 g/mol. The second-order valence-electron chi connectivity index (χ2n) is 7.37. The second kappa shape index (κ2) is 11.9. The Labute approximate surface area is 179 Å². The van der Waals surface area contributed by atoms with Crippen molar-refractivity contribution in [3.63, 3.8) is 0 Å². The van der Waals surface area contributed by atoms with E-state index in [1.54, 1.807) is 36.3 Å². The van der Waals surface area contributed by atoms with E-state index in [2.05, 4.69) is 5.32 Å². The fourth-order valence-corrected chi connectivity index (χ4v) is 3.18. The molecule has 0 unspecified atom stereocenters. The molecule has 0 radical (unpaired) electrons. The number of carbonyl (C=O) groups excluding carboxylic acids is 2. The van der Waals surface area contributed by atoms with E-state index in [0.29, 0.717) is 25.1 Å². The number of hydrogen-bond acceptors (Lipinski definition) is 4. The SMILES string of the molecule is CC[C@@H](C(=O)NC(C)C)N(CCc1ccccc1)C(=O)COc1ccc(OC)cc1. The van der Waals surface area contributed by atoms with Gasteiger partial charge in [-0.15, -0.1) is 0 Å². The molecule has 2 aromatic carbocycles. The van der Waals surface area contributed by atoms with Crippen molar-refractivity contribution in [3.8, 4) is 11.5 Å². The predicted octanol–water partition coefficient (Wildman–Crippen LogP) is 3.45. The summed E-state index contributed by atoms with van der Waals surface area (Å²) >= 11 is 0. The normalized spacial score (nSPS) is 11.6. The van der Waals surface area contributed by atoms with Gasteiger partial charge >= 0.3 is 0 Å². The summed E-state index contributed by atoms with van der Waals surface area (Å²) < 4.78 is 10.8. The Balaban J connectivity index is 2.10. The summed E-state index contributed by atoms with van der Waals surface area (Å²) in [4.78, 5) is 27.4. The van der Waals surface area contributed by atoms with Crippen LogP contribution in [0, 0.1) is 0 Å². The zero-order valence-corrected chi connectivity index (χ0v) is 18.3. The number of methoxy groups -OCH3 is 1. The summed E-state index contributed by atoms with van der Waals surface area (Å²) in [5, 5.41) is 2.93. The lowest BCUT2D eigenvalue weighted by molar-refractivity contribution is -0.142. The molecule has 0 saturated carbocycles. The summed E-state index contributed by atoms with van der Waals surface area (Å²) in [7, 11) is 1.59. The van der Waals surface area contributed by atoms with Crippen LogP contribution in [-0.2, 0) is 16.0 Å². The lowest BCUT2D eigenvalue weighted by Gasteiger charge is -2.31. The van der Waals surface area contributed by atoms with Crippen molar-refractivity contribution < 1.29 is 19.1 Å². The van der Waals surface area contributed by atoms with Crippen LogP contribution in [0.4, 0.5) is 0 Å². The quantitative estimate of drug-likeness (QED) is 0.614. The van der Waals surface area contributed by atoms with Gasteiger partial charge in [0.25, 0.3) is 5.91 Å². The Morgan fingerprint density at radius 2 is 1.63 bits per heavy atom. The van der Waals surface area contributed by atoms with E-state index in [-0.39, 0.29) is 24.5 Å². The molecule has 30 heavy (non-hydrogen) atoms. The molecule has 0 aromatic heterocycles. The first-order chi connectivity index (χ1) is 14.4. The van der Waals surface area contributed by atoms with Gasteiger partial charge in [-0.2, -0.15) is 0 Å². The van der Waals surface area contributed by atoms with Crippen LogP contribution in [0.1, 0.15) is 32.8 Å². The van der Waals surface area contributed by atoms with Crippen molar-refractivity contribution in [1.82, 2.24) is 10.2 Å². The molecule has 2 rings (SSSR count). The molecule has 0 spiro atoms. The van der Waals surface area contributed by atoms with E-state index in [1.165, 1.54) is 0 Å². The molecular weight excluding hydrogens is 380 g/mol. The van der Waals surface area contributed by atoms with Gasteiger partial charge in [-0.1, -0.05) is 37.3 Å². The standard InChI is InChI=1S/C24H32N2O4/c1-5-22(24(28)25-18(2)3)26(16-15-19-9-7-6-8-10-19)23(27)17-30-21-13-11-20(29-4)12-14-21/h6-14,18,22H,5,15-17H2,1-4H3,(H,25,28)/t22-/m0/s1. The third-order valence-corrected chi connectivity index (χ3v) is 4.72. The number of nitrogens with zero attached hydrogens (tertiary/aromatic N) is 1. The maximum Gasteiger partial charge on any atom is 0.261 e. The van der Waals surface area contributed by atoms with Crippen LogP contribution in [0.25, 0.3) is 0 Å². The zero-order chi connectivity index (χ0) is 21.9. The molecule has 0 aliphatic rings.